The first-order chi connectivity index (χ1) is 8.74. The van der Waals surface area contributed by atoms with E-state index in [1.807, 2.05) is 6.92 Å². The van der Waals surface area contributed by atoms with Gasteiger partial charge in [0.2, 0.25) is 0 Å². The van der Waals surface area contributed by atoms with Gasteiger partial charge in [-0.05, 0) is 19.1 Å². The number of amides is 1. The zero-order chi connectivity index (χ0) is 13.4. The van der Waals surface area contributed by atoms with E-state index in [-0.39, 0.29) is 19.1 Å². The second kappa shape index (κ2) is 7.49. The van der Waals surface area contributed by atoms with Crippen molar-refractivity contribution in [3.8, 4) is 11.8 Å². The SMILES string of the molecule is CCN(CCO)C(=O)c1ccccc1C#CCO. The van der Waals surface area contributed by atoms with Gasteiger partial charge in [-0.2, -0.15) is 0 Å². The molecule has 2 N–H and O–H groups in total. The molecule has 0 unspecified atom stereocenters. The van der Waals surface area contributed by atoms with Gasteiger partial charge in [-0.3, -0.25) is 4.79 Å². The molecule has 1 amide bonds. The molecule has 0 aromatic heterocycles. The summed E-state index contributed by atoms with van der Waals surface area (Å²) in [6, 6.07) is 7.00. The minimum Gasteiger partial charge on any atom is -0.395 e. The lowest BCUT2D eigenvalue weighted by atomic mass is 10.1. The monoisotopic (exact) mass is 247 g/mol. The Kier molecular flexibility index (Phi) is 5.92. The Balaban J connectivity index is 3.04. The molecule has 4 nitrogen and oxygen atoms in total. The fourth-order valence-corrected chi connectivity index (χ4v) is 1.61. The highest BCUT2D eigenvalue weighted by atomic mass is 16.3. The van der Waals surface area contributed by atoms with Crippen molar-refractivity contribution in [1.29, 1.82) is 0 Å². The Labute approximate surface area is 107 Å². The molecular weight excluding hydrogens is 230 g/mol. The van der Waals surface area contributed by atoms with Crippen LogP contribution in [0.25, 0.3) is 0 Å². The lowest BCUT2D eigenvalue weighted by molar-refractivity contribution is 0.0731. The van der Waals surface area contributed by atoms with E-state index in [1.165, 1.54) is 0 Å². The van der Waals surface area contributed by atoms with Crippen molar-refractivity contribution in [1.82, 2.24) is 4.90 Å². The van der Waals surface area contributed by atoms with Gasteiger partial charge < -0.3 is 15.1 Å². The van der Waals surface area contributed by atoms with Gasteiger partial charge in [-0.25, -0.2) is 0 Å². The number of benzene rings is 1. The molecule has 0 fully saturated rings. The lowest BCUT2D eigenvalue weighted by Crippen LogP contribution is -2.33. The predicted octanol–water partition coefficient (Wildman–Crippen LogP) is 0.485. The molecule has 0 bridgehead atoms. The average molecular weight is 247 g/mol. The van der Waals surface area contributed by atoms with E-state index >= 15 is 0 Å². The van der Waals surface area contributed by atoms with E-state index < -0.39 is 0 Å². The van der Waals surface area contributed by atoms with Crippen LogP contribution in [-0.2, 0) is 0 Å². The largest absolute Gasteiger partial charge is 0.395 e. The van der Waals surface area contributed by atoms with Gasteiger partial charge in [-0.1, -0.05) is 24.0 Å². The number of rotatable bonds is 4. The number of hydrogen-bond donors (Lipinski definition) is 2. The molecule has 0 aliphatic carbocycles. The van der Waals surface area contributed by atoms with Crippen molar-refractivity contribution in [3.05, 3.63) is 35.4 Å². The molecule has 0 heterocycles. The third-order valence-corrected chi connectivity index (χ3v) is 2.50. The molecule has 1 aromatic carbocycles. The first-order valence-electron chi connectivity index (χ1n) is 5.83. The number of aliphatic hydroxyl groups excluding tert-OH is 2. The summed E-state index contributed by atoms with van der Waals surface area (Å²) >= 11 is 0. The predicted molar refractivity (Wildman–Crippen MR) is 69.1 cm³/mol. The van der Waals surface area contributed by atoms with E-state index in [9.17, 15) is 4.79 Å². The van der Waals surface area contributed by atoms with E-state index in [4.69, 9.17) is 10.2 Å². The third kappa shape index (κ3) is 3.59. The number of hydrogen-bond acceptors (Lipinski definition) is 3. The minimum absolute atomic E-state index is 0.0654. The maximum Gasteiger partial charge on any atom is 0.255 e. The van der Waals surface area contributed by atoms with Gasteiger partial charge in [0.05, 0.1) is 12.2 Å². The molecule has 1 rings (SSSR count). The van der Waals surface area contributed by atoms with Crippen molar-refractivity contribution in [2.75, 3.05) is 26.3 Å². The summed E-state index contributed by atoms with van der Waals surface area (Å²) in [6.45, 7) is 2.38. The summed E-state index contributed by atoms with van der Waals surface area (Å²) in [5.74, 6) is 5.13. The van der Waals surface area contributed by atoms with Crippen LogP contribution < -0.4 is 0 Å². The van der Waals surface area contributed by atoms with Crippen LogP contribution in [0, 0.1) is 11.8 Å². The van der Waals surface area contributed by atoms with Crippen molar-refractivity contribution in [2.45, 2.75) is 6.92 Å². The molecule has 0 aliphatic rings. The summed E-state index contributed by atoms with van der Waals surface area (Å²) in [7, 11) is 0. The highest BCUT2D eigenvalue weighted by Crippen LogP contribution is 2.10. The quantitative estimate of drug-likeness (QED) is 0.761. The van der Waals surface area contributed by atoms with Crippen molar-refractivity contribution in [2.24, 2.45) is 0 Å². The van der Waals surface area contributed by atoms with Crippen molar-refractivity contribution < 1.29 is 15.0 Å². The summed E-state index contributed by atoms with van der Waals surface area (Å²) in [5, 5.41) is 17.6. The van der Waals surface area contributed by atoms with Gasteiger partial charge in [0.1, 0.15) is 6.61 Å². The fourth-order valence-electron chi connectivity index (χ4n) is 1.61. The van der Waals surface area contributed by atoms with Gasteiger partial charge in [0, 0.05) is 18.7 Å². The Morgan fingerprint density at radius 3 is 2.67 bits per heavy atom. The smallest absolute Gasteiger partial charge is 0.255 e. The Morgan fingerprint density at radius 1 is 1.33 bits per heavy atom. The number of carbonyl (C=O) groups is 1. The molecule has 4 heteroatoms. The first-order valence-corrected chi connectivity index (χ1v) is 5.83. The van der Waals surface area contributed by atoms with E-state index in [0.717, 1.165) is 0 Å². The maximum absolute atomic E-state index is 12.2. The lowest BCUT2D eigenvalue weighted by Gasteiger charge is -2.20. The molecule has 0 atom stereocenters. The Morgan fingerprint density at radius 2 is 2.06 bits per heavy atom. The van der Waals surface area contributed by atoms with E-state index in [0.29, 0.717) is 24.2 Å². The van der Waals surface area contributed by atoms with Crippen molar-refractivity contribution in [3.63, 3.8) is 0 Å². The highest BCUT2D eigenvalue weighted by molar-refractivity contribution is 5.96. The van der Waals surface area contributed by atoms with Crippen LogP contribution in [0.4, 0.5) is 0 Å². The molecule has 0 radical (unpaired) electrons. The van der Waals surface area contributed by atoms with Gasteiger partial charge in [-0.15, -0.1) is 0 Å². The first kappa shape index (κ1) is 14.2. The van der Waals surface area contributed by atoms with Crippen LogP contribution in [0.15, 0.2) is 24.3 Å². The van der Waals surface area contributed by atoms with Crippen LogP contribution in [0.3, 0.4) is 0 Å². The van der Waals surface area contributed by atoms with Gasteiger partial charge >= 0.3 is 0 Å². The molecule has 96 valence electrons. The molecular formula is C14H17NO3. The van der Waals surface area contributed by atoms with Crippen LogP contribution in [0.5, 0.6) is 0 Å². The molecule has 0 spiro atoms. The van der Waals surface area contributed by atoms with Crippen LogP contribution in [0.1, 0.15) is 22.8 Å². The molecule has 0 aliphatic heterocycles. The molecule has 0 saturated carbocycles. The fraction of sp³-hybridized carbons (Fsp3) is 0.357. The van der Waals surface area contributed by atoms with Crippen molar-refractivity contribution >= 4 is 5.91 Å². The van der Waals surface area contributed by atoms with E-state index in [1.54, 1.807) is 29.2 Å². The highest BCUT2D eigenvalue weighted by Gasteiger charge is 2.15. The number of aliphatic hydroxyl groups is 2. The summed E-state index contributed by atoms with van der Waals surface area (Å²) in [4.78, 5) is 13.8. The van der Waals surface area contributed by atoms with Crippen LogP contribution >= 0.6 is 0 Å². The van der Waals surface area contributed by atoms with Gasteiger partial charge in [0.15, 0.2) is 0 Å². The third-order valence-electron chi connectivity index (χ3n) is 2.50. The summed E-state index contributed by atoms with van der Waals surface area (Å²) < 4.78 is 0. The summed E-state index contributed by atoms with van der Waals surface area (Å²) in [6.07, 6.45) is 0. The van der Waals surface area contributed by atoms with Crippen LogP contribution in [-0.4, -0.2) is 47.3 Å². The zero-order valence-electron chi connectivity index (χ0n) is 10.4. The van der Waals surface area contributed by atoms with Crippen LogP contribution in [0.2, 0.25) is 0 Å². The Bertz CT molecular complexity index is 460. The maximum atomic E-state index is 12.2. The molecule has 18 heavy (non-hydrogen) atoms. The number of nitrogens with zero attached hydrogens (tertiary/aromatic N) is 1. The molecule has 0 saturated heterocycles. The average Bonchev–Trinajstić information content (AvgIpc) is 2.42. The summed E-state index contributed by atoms with van der Waals surface area (Å²) in [5.41, 5.74) is 1.08. The second-order valence-electron chi connectivity index (χ2n) is 3.61. The van der Waals surface area contributed by atoms with E-state index in [2.05, 4.69) is 11.8 Å². The minimum atomic E-state index is -0.239. The number of carbonyl (C=O) groups excluding carboxylic acids is 1. The standard InChI is InChI=1S/C14H17NO3/c1-2-15(9-11-17)14(18)13-8-4-3-6-12(13)7-5-10-16/h3-4,6,8,16-17H,2,9-11H2,1H3. The molecule has 1 aromatic rings. The second-order valence-corrected chi connectivity index (χ2v) is 3.61. The normalized spacial score (nSPS) is 9.50. The zero-order valence-corrected chi connectivity index (χ0v) is 10.4. The van der Waals surface area contributed by atoms with Gasteiger partial charge in [0.25, 0.3) is 5.91 Å². The number of likely N-dealkylation sites (N-methyl/N-ethyl adjacent to an activating group) is 1. The topological polar surface area (TPSA) is 60.8 Å². The Hall–Kier alpha value is -1.83.